The summed E-state index contributed by atoms with van der Waals surface area (Å²) in [7, 11) is 0. The van der Waals surface area contributed by atoms with Crippen LogP contribution in [0.25, 0.3) is 0 Å². The third-order valence-electron chi connectivity index (χ3n) is 4.61. The summed E-state index contributed by atoms with van der Waals surface area (Å²) >= 11 is 0. The van der Waals surface area contributed by atoms with Gasteiger partial charge in [0.05, 0.1) is 0 Å². The van der Waals surface area contributed by atoms with Gasteiger partial charge in [-0.2, -0.15) is 0 Å². The lowest BCUT2D eigenvalue weighted by Crippen LogP contribution is -2.39. The first-order valence-electron chi connectivity index (χ1n) is 8.67. The number of pyridine rings is 2. The fourth-order valence-corrected chi connectivity index (χ4v) is 3.26. The van der Waals surface area contributed by atoms with E-state index < -0.39 is 0 Å². The topological polar surface area (TPSA) is 58.1 Å². The maximum absolute atomic E-state index is 12.4. The molecule has 1 unspecified atom stereocenters. The molecule has 5 nitrogen and oxygen atoms in total. The Bertz CT molecular complexity index is 674. The molecule has 2 aromatic rings. The van der Waals surface area contributed by atoms with Crippen LogP contribution in [0.5, 0.6) is 0 Å². The Morgan fingerprint density at radius 1 is 1.25 bits per heavy atom. The number of carbonyl (C=O) groups is 1. The van der Waals surface area contributed by atoms with Crippen molar-refractivity contribution in [2.24, 2.45) is 0 Å². The van der Waals surface area contributed by atoms with E-state index in [-0.39, 0.29) is 5.91 Å². The van der Waals surface area contributed by atoms with E-state index >= 15 is 0 Å². The third kappa shape index (κ3) is 3.91. The zero-order chi connectivity index (χ0) is 16.8. The van der Waals surface area contributed by atoms with Crippen LogP contribution in [0.4, 0.5) is 5.69 Å². The lowest BCUT2D eigenvalue weighted by atomic mass is 9.99. The van der Waals surface area contributed by atoms with Crippen LogP contribution in [0.1, 0.15) is 48.7 Å². The van der Waals surface area contributed by atoms with Gasteiger partial charge in [0.15, 0.2) is 0 Å². The van der Waals surface area contributed by atoms with E-state index in [1.54, 1.807) is 18.6 Å². The number of hydrogen-bond acceptors (Lipinski definition) is 4. The van der Waals surface area contributed by atoms with Gasteiger partial charge in [0.1, 0.15) is 5.69 Å². The normalized spacial score (nSPS) is 17.5. The van der Waals surface area contributed by atoms with Crippen LogP contribution in [0.3, 0.4) is 0 Å². The lowest BCUT2D eigenvalue weighted by Gasteiger charge is -2.37. The maximum Gasteiger partial charge on any atom is 0.270 e. The van der Waals surface area contributed by atoms with Crippen molar-refractivity contribution in [1.29, 1.82) is 0 Å². The van der Waals surface area contributed by atoms with Crippen molar-refractivity contribution in [3.8, 4) is 0 Å². The molecule has 1 aliphatic rings. The Balaban J connectivity index is 1.69. The SMILES string of the molecule is CCC1CCCCN1c1ccnc(C(=O)NCc2ccncc2)c1. The molecule has 0 radical (unpaired) electrons. The summed E-state index contributed by atoms with van der Waals surface area (Å²) in [5.41, 5.74) is 2.60. The van der Waals surface area contributed by atoms with E-state index in [1.165, 1.54) is 19.3 Å². The Labute approximate surface area is 143 Å². The van der Waals surface area contributed by atoms with Crippen molar-refractivity contribution < 1.29 is 4.79 Å². The van der Waals surface area contributed by atoms with Crippen molar-refractivity contribution in [3.05, 3.63) is 54.1 Å². The van der Waals surface area contributed by atoms with Crippen molar-refractivity contribution in [2.45, 2.75) is 45.2 Å². The fraction of sp³-hybridized carbons (Fsp3) is 0.421. The molecule has 3 rings (SSSR count). The summed E-state index contributed by atoms with van der Waals surface area (Å²) < 4.78 is 0. The molecule has 0 bridgehead atoms. The molecule has 1 amide bonds. The zero-order valence-corrected chi connectivity index (χ0v) is 14.1. The number of carbonyl (C=O) groups excluding carboxylic acids is 1. The van der Waals surface area contributed by atoms with E-state index in [4.69, 9.17) is 0 Å². The average molecular weight is 324 g/mol. The number of amides is 1. The quantitative estimate of drug-likeness (QED) is 0.918. The van der Waals surface area contributed by atoms with Gasteiger partial charge in [-0.1, -0.05) is 6.92 Å². The minimum Gasteiger partial charge on any atom is -0.368 e. The monoisotopic (exact) mass is 324 g/mol. The molecule has 1 atom stereocenters. The van der Waals surface area contributed by atoms with Crippen molar-refractivity contribution >= 4 is 11.6 Å². The van der Waals surface area contributed by atoms with Crippen LogP contribution in [0.2, 0.25) is 0 Å². The van der Waals surface area contributed by atoms with Gasteiger partial charge < -0.3 is 10.2 Å². The third-order valence-corrected chi connectivity index (χ3v) is 4.61. The molecule has 0 aromatic carbocycles. The Hall–Kier alpha value is -2.43. The summed E-state index contributed by atoms with van der Waals surface area (Å²) in [5.74, 6) is -0.140. The van der Waals surface area contributed by atoms with Crippen molar-refractivity contribution in [1.82, 2.24) is 15.3 Å². The van der Waals surface area contributed by atoms with Gasteiger partial charge >= 0.3 is 0 Å². The molecule has 1 N–H and O–H groups in total. The minimum atomic E-state index is -0.140. The molecule has 3 heterocycles. The standard InChI is InChI=1S/C19H24N4O/c1-2-16-5-3-4-12-23(16)17-8-11-21-18(13-17)19(24)22-14-15-6-9-20-10-7-15/h6-11,13,16H,2-5,12,14H2,1H3,(H,22,24). The first-order chi connectivity index (χ1) is 11.8. The number of nitrogens with one attached hydrogen (secondary N) is 1. The van der Waals surface area contributed by atoms with Crippen LogP contribution < -0.4 is 10.2 Å². The van der Waals surface area contributed by atoms with Gasteiger partial charge in [0.2, 0.25) is 0 Å². The second kappa shape index (κ2) is 7.90. The molecule has 5 heteroatoms. The Morgan fingerprint density at radius 3 is 2.88 bits per heavy atom. The molecule has 1 fully saturated rings. The molecule has 1 aliphatic heterocycles. The van der Waals surface area contributed by atoms with Gasteiger partial charge in [0, 0.05) is 43.4 Å². The van der Waals surface area contributed by atoms with Gasteiger partial charge in [-0.25, -0.2) is 0 Å². The number of anilines is 1. The summed E-state index contributed by atoms with van der Waals surface area (Å²) in [6, 6.07) is 8.27. The largest absolute Gasteiger partial charge is 0.368 e. The molecular weight excluding hydrogens is 300 g/mol. The highest BCUT2D eigenvalue weighted by Crippen LogP contribution is 2.26. The predicted molar refractivity (Wildman–Crippen MR) is 94.9 cm³/mol. The zero-order valence-electron chi connectivity index (χ0n) is 14.1. The number of nitrogens with zero attached hydrogens (tertiary/aromatic N) is 3. The molecule has 0 spiro atoms. The molecule has 0 aliphatic carbocycles. The molecule has 126 valence electrons. The van der Waals surface area contributed by atoms with Crippen LogP contribution in [0, 0.1) is 0 Å². The predicted octanol–water partition coefficient (Wildman–Crippen LogP) is 3.18. The average Bonchev–Trinajstić information content (AvgIpc) is 2.67. The van der Waals surface area contributed by atoms with E-state index in [9.17, 15) is 4.79 Å². The first-order valence-corrected chi connectivity index (χ1v) is 8.67. The highest BCUT2D eigenvalue weighted by atomic mass is 16.1. The van der Waals surface area contributed by atoms with Crippen molar-refractivity contribution in [2.75, 3.05) is 11.4 Å². The Kier molecular flexibility index (Phi) is 5.41. The summed E-state index contributed by atoms with van der Waals surface area (Å²) in [5, 5.41) is 2.92. The Morgan fingerprint density at radius 2 is 2.08 bits per heavy atom. The number of hydrogen-bond donors (Lipinski definition) is 1. The van der Waals surface area contributed by atoms with Crippen LogP contribution >= 0.6 is 0 Å². The molecule has 0 saturated carbocycles. The summed E-state index contributed by atoms with van der Waals surface area (Å²) in [6.45, 7) is 3.77. The van der Waals surface area contributed by atoms with Gasteiger partial charge in [-0.05, 0) is 55.5 Å². The van der Waals surface area contributed by atoms with Crippen molar-refractivity contribution in [3.63, 3.8) is 0 Å². The molecule has 2 aromatic heterocycles. The first kappa shape index (κ1) is 16.4. The number of aromatic nitrogens is 2. The van der Waals surface area contributed by atoms with E-state index in [0.29, 0.717) is 18.3 Å². The van der Waals surface area contributed by atoms with Crippen LogP contribution in [0.15, 0.2) is 42.9 Å². The minimum absolute atomic E-state index is 0.140. The lowest BCUT2D eigenvalue weighted by molar-refractivity contribution is 0.0946. The van der Waals surface area contributed by atoms with E-state index in [0.717, 1.165) is 24.2 Å². The highest BCUT2D eigenvalue weighted by Gasteiger charge is 2.22. The van der Waals surface area contributed by atoms with Gasteiger partial charge in [-0.3, -0.25) is 14.8 Å². The second-order valence-electron chi connectivity index (χ2n) is 6.19. The number of rotatable bonds is 5. The maximum atomic E-state index is 12.4. The second-order valence-corrected chi connectivity index (χ2v) is 6.19. The van der Waals surface area contributed by atoms with E-state index in [2.05, 4.69) is 27.1 Å². The summed E-state index contributed by atoms with van der Waals surface area (Å²) in [6.07, 6.45) is 10.0. The molecule has 1 saturated heterocycles. The van der Waals surface area contributed by atoms with Crippen LogP contribution in [-0.4, -0.2) is 28.5 Å². The smallest absolute Gasteiger partial charge is 0.270 e. The van der Waals surface area contributed by atoms with E-state index in [1.807, 2.05) is 24.3 Å². The molecule has 24 heavy (non-hydrogen) atoms. The fourth-order valence-electron chi connectivity index (χ4n) is 3.26. The van der Waals surface area contributed by atoms with Crippen LogP contribution in [-0.2, 0) is 6.54 Å². The molecular formula is C19H24N4O. The highest BCUT2D eigenvalue weighted by molar-refractivity contribution is 5.93. The summed E-state index contributed by atoms with van der Waals surface area (Å²) in [4.78, 5) is 23.0. The van der Waals surface area contributed by atoms with Gasteiger partial charge in [-0.15, -0.1) is 0 Å². The van der Waals surface area contributed by atoms with Gasteiger partial charge in [0.25, 0.3) is 5.91 Å². The number of piperidine rings is 1.